The van der Waals surface area contributed by atoms with Crippen molar-refractivity contribution in [3.8, 4) is 0 Å². The van der Waals surface area contributed by atoms with Crippen molar-refractivity contribution in [1.29, 1.82) is 0 Å². The van der Waals surface area contributed by atoms with E-state index in [0.717, 1.165) is 11.1 Å². The average molecular weight is 195 g/mol. The van der Waals surface area contributed by atoms with E-state index in [9.17, 15) is 0 Å². The van der Waals surface area contributed by atoms with Gasteiger partial charge in [-0.2, -0.15) is 0 Å². The zero-order valence-corrected chi connectivity index (χ0v) is 7.92. The van der Waals surface area contributed by atoms with E-state index >= 15 is 0 Å². The van der Waals surface area contributed by atoms with Crippen molar-refractivity contribution in [3.63, 3.8) is 0 Å². The lowest BCUT2D eigenvalue weighted by molar-refractivity contribution is 1.01. The molecular formula is C10H11ClN2. The summed E-state index contributed by atoms with van der Waals surface area (Å²) in [5.74, 6) is 0. The predicted molar refractivity (Wildman–Crippen MR) is 56.9 cm³/mol. The molecule has 0 aliphatic rings. The maximum absolute atomic E-state index is 5.55. The van der Waals surface area contributed by atoms with Crippen molar-refractivity contribution in [1.82, 2.24) is 4.98 Å². The third kappa shape index (κ3) is 1.79. The number of benzene rings is 1. The Hall–Kier alpha value is -1.12. The summed E-state index contributed by atoms with van der Waals surface area (Å²) in [6, 6.07) is 10.1. The molecule has 1 aromatic carbocycles. The lowest BCUT2D eigenvalue weighted by atomic mass is 10.1. The van der Waals surface area contributed by atoms with E-state index in [1.807, 2.05) is 24.3 Å². The maximum Gasteiger partial charge on any atom is 0.0617 e. The number of nitrogens with two attached hydrogens (primary N) is 1. The molecule has 0 atom stereocenters. The zero-order valence-electron chi connectivity index (χ0n) is 7.10. The fourth-order valence-corrected chi connectivity index (χ4v) is 1.34. The molecule has 0 bridgehead atoms. The van der Waals surface area contributed by atoms with Crippen LogP contribution in [0.1, 0.15) is 5.69 Å². The van der Waals surface area contributed by atoms with Crippen LogP contribution < -0.4 is 5.73 Å². The van der Waals surface area contributed by atoms with Gasteiger partial charge in [0.1, 0.15) is 0 Å². The van der Waals surface area contributed by atoms with Gasteiger partial charge in [0, 0.05) is 18.1 Å². The van der Waals surface area contributed by atoms with Gasteiger partial charge < -0.3 is 5.73 Å². The topological polar surface area (TPSA) is 38.9 Å². The number of pyridine rings is 1. The molecule has 0 saturated heterocycles. The Morgan fingerprint density at radius 2 is 1.92 bits per heavy atom. The molecule has 2 aromatic rings. The molecule has 68 valence electrons. The van der Waals surface area contributed by atoms with Crippen molar-refractivity contribution < 1.29 is 0 Å². The van der Waals surface area contributed by atoms with Gasteiger partial charge in [-0.3, -0.25) is 4.98 Å². The van der Waals surface area contributed by atoms with Crippen LogP contribution in [0.4, 0.5) is 0 Å². The number of aromatic nitrogens is 1. The summed E-state index contributed by atoms with van der Waals surface area (Å²) in [5, 5.41) is 2.36. The van der Waals surface area contributed by atoms with Crippen LogP contribution in [-0.2, 0) is 6.54 Å². The largest absolute Gasteiger partial charge is 0.325 e. The lowest BCUT2D eigenvalue weighted by Crippen LogP contribution is -1.99. The van der Waals surface area contributed by atoms with Crippen LogP contribution in [0.15, 0.2) is 36.5 Å². The fraction of sp³-hybridized carbons (Fsp3) is 0.100. The number of nitrogens with zero attached hydrogens (tertiary/aromatic N) is 1. The van der Waals surface area contributed by atoms with E-state index in [4.69, 9.17) is 5.73 Å². The van der Waals surface area contributed by atoms with Gasteiger partial charge in [-0.25, -0.2) is 0 Å². The van der Waals surface area contributed by atoms with Gasteiger partial charge in [-0.15, -0.1) is 12.4 Å². The highest BCUT2D eigenvalue weighted by Crippen LogP contribution is 2.15. The van der Waals surface area contributed by atoms with Crippen LogP contribution in [0.5, 0.6) is 0 Å². The molecule has 0 radical (unpaired) electrons. The molecule has 2 N–H and O–H groups in total. The Morgan fingerprint density at radius 3 is 2.69 bits per heavy atom. The molecule has 0 aliphatic carbocycles. The number of fused-ring (bicyclic) bond motifs is 1. The second kappa shape index (κ2) is 4.21. The van der Waals surface area contributed by atoms with E-state index < -0.39 is 0 Å². The summed E-state index contributed by atoms with van der Waals surface area (Å²) in [7, 11) is 0. The molecular weight excluding hydrogens is 184 g/mol. The quantitative estimate of drug-likeness (QED) is 0.756. The molecule has 2 nitrogen and oxygen atoms in total. The van der Waals surface area contributed by atoms with Crippen LogP contribution in [0.2, 0.25) is 0 Å². The average Bonchev–Trinajstić information content (AvgIpc) is 2.17. The molecule has 2 rings (SSSR count). The van der Waals surface area contributed by atoms with Crippen LogP contribution in [-0.4, -0.2) is 4.98 Å². The molecule has 0 saturated carbocycles. The molecule has 0 fully saturated rings. The van der Waals surface area contributed by atoms with Crippen molar-refractivity contribution >= 4 is 23.2 Å². The first-order valence-corrected chi connectivity index (χ1v) is 3.94. The van der Waals surface area contributed by atoms with Gasteiger partial charge >= 0.3 is 0 Å². The van der Waals surface area contributed by atoms with Crippen LogP contribution in [0, 0.1) is 0 Å². The molecule has 0 unspecified atom stereocenters. The Morgan fingerprint density at radius 1 is 1.15 bits per heavy atom. The van der Waals surface area contributed by atoms with Gasteiger partial charge in [0.25, 0.3) is 0 Å². The molecule has 1 aromatic heterocycles. The number of hydrogen-bond donors (Lipinski definition) is 1. The molecule has 13 heavy (non-hydrogen) atoms. The smallest absolute Gasteiger partial charge is 0.0617 e. The molecule has 0 aliphatic heterocycles. The highest BCUT2D eigenvalue weighted by Gasteiger charge is 1.97. The van der Waals surface area contributed by atoms with Crippen molar-refractivity contribution in [3.05, 3.63) is 42.2 Å². The Labute approximate surface area is 83.2 Å². The molecule has 0 spiro atoms. The summed E-state index contributed by atoms with van der Waals surface area (Å²) < 4.78 is 0. The van der Waals surface area contributed by atoms with E-state index in [0.29, 0.717) is 6.54 Å². The van der Waals surface area contributed by atoms with Crippen molar-refractivity contribution in [2.75, 3.05) is 0 Å². The molecule has 0 amide bonds. The summed E-state index contributed by atoms with van der Waals surface area (Å²) in [6.45, 7) is 0.501. The highest BCUT2D eigenvalue weighted by molar-refractivity contribution is 5.85. The minimum atomic E-state index is 0. The van der Waals surface area contributed by atoms with Gasteiger partial charge in [0.15, 0.2) is 0 Å². The summed E-state index contributed by atoms with van der Waals surface area (Å²) >= 11 is 0. The SMILES string of the molecule is Cl.NCc1nccc2ccccc12. The third-order valence-electron chi connectivity index (χ3n) is 1.95. The Balaban J connectivity index is 0.000000845. The number of halogens is 1. The van der Waals surface area contributed by atoms with Crippen molar-refractivity contribution in [2.24, 2.45) is 5.73 Å². The summed E-state index contributed by atoms with van der Waals surface area (Å²) in [6.07, 6.45) is 1.80. The van der Waals surface area contributed by atoms with E-state index in [-0.39, 0.29) is 12.4 Å². The minimum Gasteiger partial charge on any atom is -0.325 e. The highest BCUT2D eigenvalue weighted by atomic mass is 35.5. The first kappa shape index (κ1) is 9.96. The van der Waals surface area contributed by atoms with Crippen LogP contribution >= 0.6 is 12.4 Å². The zero-order chi connectivity index (χ0) is 8.39. The summed E-state index contributed by atoms with van der Waals surface area (Å²) in [5.41, 5.74) is 6.52. The minimum absolute atomic E-state index is 0. The second-order valence-electron chi connectivity index (χ2n) is 2.68. The Kier molecular flexibility index (Phi) is 3.23. The van der Waals surface area contributed by atoms with Crippen molar-refractivity contribution in [2.45, 2.75) is 6.54 Å². The van der Waals surface area contributed by atoms with Gasteiger partial charge in [-0.1, -0.05) is 24.3 Å². The molecule has 3 heteroatoms. The molecule has 1 heterocycles. The third-order valence-corrected chi connectivity index (χ3v) is 1.95. The van der Waals surface area contributed by atoms with E-state index in [1.54, 1.807) is 6.20 Å². The first-order valence-electron chi connectivity index (χ1n) is 3.94. The maximum atomic E-state index is 5.55. The summed E-state index contributed by atoms with van der Waals surface area (Å²) in [4.78, 5) is 4.20. The Bertz CT molecular complexity index is 396. The fourth-order valence-electron chi connectivity index (χ4n) is 1.34. The lowest BCUT2D eigenvalue weighted by Gasteiger charge is -2.01. The van der Waals surface area contributed by atoms with Gasteiger partial charge in [-0.05, 0) is 11.5 Å². The van der Waals surface area contributed by atoms with Gasteiger partial charge in [0.2, 0.25) is 0 Å². The van der Waals surface area contributed by atoms with Gasteiger partial charge in [0.05, 0.1) is 5.69 Å². The van der Waals surface area contributed by atoms with E-state index in [1.165, 1.54) is 5.39 Å². The standard InChI is InChI=1S/C10H10N2.ClH/c11-7-10-9-4-2-1-3-8(9)5-6-12-10;/h1-6H,7,11H2;1H. The second-order valence-corrected chi connectivity index (χ2v) is 2.68. The van der Waals surface area contributed by atoms with Crippen LogP contribution in [0.3, 0.4) is 0 Å². The first-order chi connectivity index (χ1) is 5.92. The normalized spacial score (nSPS) is 9.62. The van der Waals surface area contributed by atoms with Crippen LogP contribution in [0.25, 0.3) is 10.8 Å². The number of hydrogen-bond acceptors (Lipinski definition) is 2. The monoisotopic (exact) mass is 194 g/mol. The number of rotatable bonds is 1. The van der Waals surface area contributed by atoms with E-state index in [2.05, 4.69) is 11.1 Å². The predicted octanol–water partition coefficient (Wildman–Crippen LogP) is 2.12.